The molecule has 26 heavy (non-hydrogen) atoms. The van der Waals surface area contributed by atoms with E-state index in [4.69, 9.17) is 21.1 Å². The van der Waals surface area contributed by atoms with E-state index in [-0.39, 0.29) is 11.2 Å². The molecule has 3 heteroatoms. The van der Waals surface area contributed by atoms with Gasteiger partial charge in [-0.25, -0.2) is 0 Å². The molecule has 0 spiro atoms. The Bertz CT molecular complexity index is 935. The quantitative estimate of drug-likeness (QED) is 0.564. The molecule has 0 bridgehead atoms. The molecule has 0 aliphatic carbocycles. The van der Waals surface area contributed by atoms with Crippen LogP contribution in [0.1, 0.15) is 50.8 Å². The summed E-state index contributed by atoms with van der Waals surface area (Å²) in [6.07, 6.45) is 7.19. The maximum atomic E-state index is 6.38. The van der Waals surface area contributed by atoms with Gasteiger partial charge >= 0.3 is 0 Å². The minimum absolute atomic E-state index is 0.296. The molecular weight excluding hydrogens is 344 g/mol. The van der Waals surface area contributed by atoms with Gasteiger partial charge in [-0.3, -0.25) is 0 Å². The summed E-state index contributed by atoms with van der Waals surface area (Å²) in [6, 6.07) is 12.1. The summed E-state index contributed by atoms with van der Waals surface area (Å²) in [5.74, 6) is 1.76. The summed E-state index contributed by atoms with van der Waals surface area (Å²) in [6.45, 7) is 8.35. The van der Waals surface area contributed by atoms with Crippen molar-refractivity contribution in [1.29, 1.82) is 0 Å². The molecule has 2 aromatic carbocycles. The molecule has 2 aromatic rings. The molecule has 0 aromatic heterocycles. The topological polar surface area (TPSA) is 18.5 Å². The van der Waals surface area contributed by atoms with Crippen LogP contribution in [-0.2, 0) is 0 Å². The number of hydrogen-bond acceptors (Lipinski definition) is 2. The van der Waals surface area contributed by atoms with Crippen molar-refractivity contribution in [1.82, 2.24) is 0 Å². The van der Waals surface area contributed by atoms with Gasteiger partial charge in [0.25, 0.3) is 0 Å². The van der Waals surface area contributed by atoms with Crippen LogP contribution in [0.2, 0.25) is 5.02 Å². The predicted octanol–water partition coefficient (Wildman–Crippen LogP) is 6.63. The Hall–Kier alpha value is -2.19. The van der Waals surface area contributed by atoms with Crippen LogP contribution in [0, 0.1) is 0 Å². The molecule has 134 valence electrons. The van der Waals surface area contributed by atoms with Gasteiger partial charge in [0.15, 0.2) is 0 Å². The number of hydrogen-bond donors (Lipinski definition) is 0. The van der Waals surface area contributed by atoms with E-state index in [0.717, 1.165) is 39.6 Å². The lowest BCUT2D eigenvalue weighted by Gasteiger charge is -2.37. The highest BCUT2D eigenvalue weighted by Gasteiger charge is 2.34. The van der Waals surface area contributed by atoms with Crippen molar-refractivity contribution in [3.63, 3.8) is 0 Å². The van der Waals surface area contributed by atoms with Crippen molar-refractivity contribution in [3.05, 3.63) is 64.2 Å². The van der Waals surface area contributed by atoms with E-state index in [1.54, 1.807) is 0 Å². The Morgan fingerprint density at radius 3 is 2.54 bits per heavy atom. The summed E-state index contributed by atoms with van der Waals surface area (Å²) in [7, 11) is 0. The van der Waals surface area contributed by atoms with Crippen LogP contribution >= 0.6 is 11.6 Å². The third kappa shape index (κ3) is 3.14. The second kappa shape index (κ2) is 5.92. The van der Waals surface area contributed by atoms with Gasteiger partial charge in [-0.05, 0) is 75.3 Å². The van der Waals surface area contributed by atoms with Crippen LogP contribution in [0.25, 0.3) is 17.7 Å². The first-order chi connectivity index (χ1) is 12.2. The average Bonchev–Trinajstić information content (AvgIpc) is 2.54. The Morgan fingerprint density at radius 1 is 1.00 bits per heavy atom. The number of ether oxygens (including phenoxy) is 2. The largest absolute Gasteiger partial charge is 0.486 e. The molecule has 2 heterocycles. The first kappa shape index (κ1) is 17.2. The summed E-state index contributed by atoms with van der Waals surface area (Å²) < 4.78 is 12.5. The van der Waals surface area contributed by atoms with Crippen molar-refractivity contribution in [3.8, 4) is 11.5 Å². The van der Waals surface area contributed by atoms with E-state index in [1.165, 1.54) is 5.57 Å². The van der Waals surface area contributed by atoms with E-state index < -0.39 is 0 Å². The number of benzene rings is 2. The average molecular weight is 367 g/mol. The summed E-state index contributed by atoms with van der Waals surface area (Å²) in [4.78, 5) is 0. The van der Waals surface area contributed by atoms with E-state index in [2.05, 4.69) is 52.0 Å². The zero-order valence-corrected chi connectivity index (χ0v) is 16.4. The molecule has 4 rings (SSSR count). The van der Waals surface area contributed by atoms with E-state index in [9.17, 15) is 0 Å². The van der Waals surface area contributed by atoms with Crippen molar-refractivity contribution in [2.45, 2.75) is 45.3 Å². The number of halogens is 1. The maximum Gasteiger partial charge on any atom is 0.138 e. The van der Waals surface area contributed by atoms with E-state index in [0.29, 0.717) is 0 Å². The molecule has 0 saturated heterocycles. The molecule has 0 fully saturated rings. The molecule has 0 radical (unpaired) electrons. The van der Waals surface area contributed by atoms with Gasteiger partial charge in [0.05, 0.1) is 5.56 Å². The first-order valence-electron chi connectivity index (χ1n) is 8.94. The Kier molecular flexibility index (Phi) is 3.92. The molecule has 0 N–H and O–H groups in total. The lowest BCUT2D eigenvalue weighted by molar-refractivity contribution is 0.105. The van der Waals surface area contributed by atoms with Gasteiger partial charge in [-0.15, -0.1) is 0 Å². The fraction of sp³-hybridized carbons (Fsp3) is 0.304. The SMILES string of the molecule is CC1(C)C=Cc2c(ccc3c2OC(C)(C)C/C3=C\c2ccccc2Cl)O1. The molecule has 2 aliphatic rings. The first-order valence-corrected chi connectivity index (χ1v) is 9.32. The van der Waals surface area contributed by atoms with E-state index in [1.807, 2.05) is 30.3 Å². The lowest BCUT2D eigenvalue weighted by atomic mass is 9.86. The number of rotatable bonds is 1. The van der Waals surface area contributed by atoms with Crippen molar-refractivity contribution in [2.24, 2.45) is 0 Å². The van der Waals surface area contributed by atoms with Crippen LogP contribution in [0.3, 0.4) is 0 Å². The molecular formula is C23H23ClO2. The fourth-order valence-electron chi connectivity index (χ4n) is 3.57. The second-order valence-corrected chi connectivity index (χ2v) is 8.53. The zero-order valence-electron chi connectivity index (χ0n) is 15.6. The molecule has 2 aliphatic heterocycles. The van der Waals surface area contributed by atoms with Crippen LogP contribution in [0.15, 0.2) is 42.5 Å². The van der Waals surface area contributed by atoms with Crippen LogP contribution in [0.5, 0.6) is 11.5 Å². The summed E-state index contributed by atoms with van der Waals surface area (Å²) in [5, 5.41) is 0.758. The molecule has 0 unspecified atom stereocenters. The highest BCUT2D eigenvalue weighted by atomic mass is 35.5. The number of fused-ring (bicyclic) bond motifs is 3. The van der Waals surface area contributed by atoms with Gasteiger partial charge in [-0.2, -0.15) is 0 Å². The maximum absolute atomic E-state index is 6.38. The third-order valence-corrected chi connectivity index (χ3v) is 5.10. The van der Waals surface area contributed by atoms with Gasteiger partial charge in [0, 0.05) is 17.0 Å². The minimum Gasteiger partial charge on any atom is -0.486 e. The smallest absolute Gasteiger partial charge is 0.138 e. The van der Waals surface area contributed by atoms with Gasteiger partial charge in [0.1, 0.15) is 22.7 Å². The highest BCUT2D eigenvalue weighted by Crippen LogP contribution is 2.48. The minimum atomic E-state index is -0.304. The van der Waals surface area contributed by atoms with Crippen LogP contribution in [-0.4, -0.2) is 11.2 Å². The van der Waals surface area contributed by atoms with Crippen molar-refractivity contribution >= 4 is 29.3 Å². The van der Waals surface area contributed by atoms with Gasteiger partial charge < -0.3 is 9.47 Å². The molecule has 2 nitrogen and oxygen atoms in total. The summed E-state index contributed by atoms with van der Waals surface area (Å²) in [5.41, 5.74) is 3.77. The fourth-order valence-corrected chi connectivity index (χ4v) is 3.76. The molecule has 0 amide bonds. The Balaban J connectivity index is 1.88. The molecule has 0 saturated carbocycles. The van der Waals surface area contributed by atoms with Gasteiger partial charge in [0.2, 0.25) is 0 Å². The second-order valence-electron chi connectivity index (χ2n) is 8.12. The highest BCUT2D eigenvalue weighted by molar-refractivity contribution is 6.32. The van der Waals surface area contributed by atoms with Crippen molar-refractivity contribution in [2.75, 3.05) is 0 Å². The Labute approximate surface area is 160 Å². The molecule has 0 atom stereocenters. The summed E-state index contributed by atoms with van der Waals surface area (Å²) >= 11 is 6.38. The van der Waals surface area contributed by atoms with Crippen LogP contribution < -0.4 is 9.47 Å². The predicted molar refractivity (Wildman–Crippen MR) is 109 cm³/mol. The Morgan fingerprint density at radius 2 is 1.77 bits per heavy atom. The van der Waals surface area contributed by atoms with Crippen molar-refractivity contribution < 1.29 is 9.47 Å². The standard InChI is InChI=1S/C23H23ClO2/c1-22(2)12-11-18-20(25-22)10-9-17-16(14-23(3,4)26-21(17)18)13-15-7-5-6-8-19(15)24/h5-13H,14H2,1-4H3/b16-13+. The monoisotopic (exact) mass is 366 g/mol. The van der Waals surface area contributed by atoms with E-state index >= 15 is 0 Å². The van der Waals surface area contributed by atoms with Gasteiger partial charge in [-0.1, -0.05) is 29.8 Å². The zero-order chi connectivity index (χ0) is 18.5. The third-order valence-electron chi connectivity index (χ3n) is 4.76. The lowest BCUT2D eigenvalue weighted by Crippen LogP contribution is -2.33. The normalized spacial score (nSPS) is 20.7. The van der Waals surface area contributed by atoms with Crippen LogP contribution in [0.4, 0.5) is 0 Å².